The summed E-state index contributed by atoms with van der Waals surface area (Å²) in [6, 6.07) is 11.9. The molecule has 2 aliphatic heterocycles. The maximum absolute atomic E-state index is 12.6. The minimum Gasteiger partial charge on any atom is -0.304 e. The molecule has 0 bridgehead atoms. The molecule has 2 aromatic rings. The fourth-order valence-corrected chi connectivity index (χ4v) is 6.01. The fraction of sp³-hybridized carbons (Fsp3) is 0.333. The average molecular weight is 401 g/mol. The molecule has 1 aliphatic carbocycles. The molecule has 2 heterocycles. The molecule has 0 amide bonds. The first-order valence-corrected chi connectivity index (χ1v) is 11.3. The number of aryl methyl sites for hydroxylation is 1. The van der Waals surface area contributed by atoms with E-state index in [9.17, 15) is 8.42 Å². The second-order valence-corrected chi connectivity index (χ2v) is 9.83. The zero-order chi connectivity index (χ0) is 18.9. The lowest BCUT2D eigenvalue weighted by Crippen LogP contribution is -2.20. The lowest BCUT2D eigenvalue weighted by molar-refractivity contribution is 0.444. The van der Waals surface area contributed by atoms with E-state index < -0.39 is 10.0 Å². The van der Waals surface area contributed by atoms with E-state index in [2.05, 4.69) is 23.6 Å². The molecule has 4 nitrogen and oxygen atoms in total. The van der Waals surface area contributed by atoms with Gasteiger partial charge in [0.05, 0.1) is 21.8 Å². The van der Waals surface area contributed by atoms with Gasteiger partial charge in [0.15, 0.2) is 0 Å². The first-order chi connectivity index (χ1) is 12.9. The zero-order valence-corrected chi connectivity index (χ0v) is 16.6. The van der Waals surface area contributed by atoms with Crippen LogP contribution in [-0.4, -0.2) is 18.4 Å². The van der Waals surface area contributed by atoms with Crippen LogP contribution in [0.5, 0.6) is 0 Å². The Morgan fingerprint density at radius 1 is 1.07 bits per heavy atom. The highest BCUT2D eigenvalue weighted by Gasteiger charge is 2.38. The topological polar surface area (TPSA) is 65.1 Å². The van der Waals surface area contributed by atoms with E-state index in [0.29, 0.717) is 4.90 Å². The summed E-state index contributed by atoms with van der Waals surface area (Å²) in [5, 5.41) is 7.12. The van der Waals surface area contributed by atoms with Gasteiger partial charge in [0.2, 0.25) is 10.0 Å². The molecule has 5 rings (SSSR count). The number of rotatable bonds is 3. The Labute approximate surface area is 164 Å². The van der Waals surface area contributed by atoms with Crippen molar-refractivity contribution in [1.29, 1.82) is 0 Å². The van der Waals surface area contributed by atoms with E-state index in [4.69, 9.17) is 16.7 Å². The molecular weight excluding hydrogens is 380 g/mol. The molecule has 2 aromatic carbocycles. The van der Waals surface area contributed by atoms with Crippen LogP contribution < -0.4 is 5.14 Å². The van der Waals surface area contributed by atoms with Gasteiger partial charge in [-0.05, 0) is 55.7 Å². The number of benzene rings is 2. The Hall–Kier alpha value is -1.82. The quantitative estimate of drug-likeness (QED) is 0.500. The third kappa shape index (κ3) is 2.56. The number of fused-ring (bicyclic) bond motifs is 4. The van der Waals surface area contributed by atoms with E-state index in [0.717, 1.165) is 53.7 Å². The number of primary sulfonamides is 1. The lowest BCUT2D eigenvalue weighted by atomic mass is 9.83. The summed E-state index contributed by atoms with van der Waals surface area (Å²) in [6.45, 7) is 2.08. The van der Waals surface area contributed by atoms with Gasteiger partial charge in [-0.3, -0.25) is 0 Å². The predicted octanol–water partition coefficient (Wildman–Crippen LogP) is 4.83. The van der Waals surface area contributed by atoms with Crippen LogP contribution in [-0.2, 0) is 10.0 Å². The molecule has 0 atom stereocenters. The van der Waals surface area contributed by atoms with E-state index in [1.165, 1.54) is 10.9 Å². The fourth-order valence-electron chi connectivity index (χ4n) is 4.72. The Kier molecular flexibility index (Phi) is 3.74. The Balaban J connectivity index is 1.69. The zero-order valence-electron chi connectivity index (χ0n) is 15.1. The van der Waals surface area contributed by atoms with Crippen LogP contribution in [0.2, 0.25) is 0 Å². The molecule has 0 saturated heterocycles. The molecule has 1 saturated carbocycles. The van der Waals surface area contributed by atoms with Crippen LogP contribution >= 0.6 is 11.6 Å². The molecular formula is C21H21ClN2O2S. The lowest BCUT2D eigenvalue weighted by Gasteiger charge is -2.27. The van der Waals surface area contributed by atoms with Crippen molar-refractivity contribution < 1.29 is 8.42 Å². The predicted molar refractivity (Wildman–Crippen MR) is 109 cm³/mol. The maximum Gasteiger partial charge on any atom is 0.239 e. The number of hydrogen-bond donors (Lipinski definition) is 1. The van der Waals surface area contributed by atoms with Crippen molar-refractivity contribution in [3.63, 3.8) is 0 Å². The smallest absolute Gasteiger partial charge is 0.239 e. The summed E-state index contributed by atoms with van der Waals surface area (Å²) in [5.74, 6) is 0.189. The Morgan fingerprint density at radius 2 is 1.78 bits per heavy atom. The van der Waals surface area contributed by atoms with Gasteiger partial charge in [0.1, 0.15) is 0 Å². The molecule has 1 fully saturated rings. The number of nitrogens with zero attached hydrogens (tertiary/aromatic N) is 1. The number of sulfonamides is 1. The van der Waals surface area contributed by atoms with Gasteiger partial charge < -0.3 is 4.57 Å². The maximum atomic E-state index is 12.6. The van der Waals surface area contributed by atoms with E-state index >= 15 is 0 Å². The van der Waals surface area contributed by atoms with E-state index in [1.807, 2.05) is 24.3 Å². The van der Waals surface area contributed by atoms with Crippen molar-refractivity contribution in [1.82, 2.24) is 4.57 Å². The van der Waals surface area contributed by atoms with Crippen molar-refractivity contribution in [2.75, 3.05) is 0 Å². The van der Waals surface area contributed by atoms with Crippen molar-refractivity contribution in [2.45, 2.75) is 48.8 Å². The molecule has 3 aliphatic rings. The second-order valence-electron chi connectivity index (χ2n) is 7.72. The summed E-state index contributed by atoms with van der Waals surface area (Å²) in [4.78, 5) is 0.295. The van der Waals surface area contributed by atoms with Crippen molar-refractivity contribution >= 4 is 32.5 Å². The molecule has 27 heavy (non-hydrogen) atoms. The van der Waals surface area contributed by atoms with Crippen LogP contribution in [0.1, 0.15) is 42.7 Å². The Bertz CT molecular complexity index is 1190. The standard InChI is InChI=1S/C21H21ClN2O2S/c1-12-4-2-7-17-18(12)20-19(24(17)20)16-6-3-5-15(21(16)27(23,25)26)13-8-10-14(22)11-9-13/h2-7,13-14H,8-11H2,1H3,(H2,23,25,26). The number of halogens is 1. The van der Waals surface area contributed by atoms with Crippen LogP contribution in [0.3, 0.4) is 0 Å². The van der Waals surface area contributed by atoms with Gasteiger partial charge in [0, 0.05) is 16.3 Å². The van der Waals surface area contributed by atoms with Crippen molar-refractivity contribution in [2.24, 2.45) is 5.14 Å². The van der Waals surface area contributed by atoms with Crippen molar-refractivity contribution in [3.8, 4) is 16.9 Å². The monoisotopic (exact) mass is 400 g/mol. The van der Waals surface area contributed by atoms with Gasteiger partial charge in [-0.2, -0.15) is 0 Å². The molecule has 0 aromatic heterocycles. The number of hydrogen-bond acceptors (Lipinski definition) is 2. The summed E-state index contributed by atoms with van der Waals surface area (Å²) in [6.07, 6.45) is 3.61. The van der Waals surface area contributed by atoms with Crippen LogP contribution in [0.4, 0.5) is 0 Å². The average Bonchev–Trinajstić information content (AvgIpc) is 3.26. The minimum atomic E-state index is -3.84. The van der Waals surface area contributed by atoms with Gasteiger partial charge in [-0.1, -0.05) is 30.3 Å². The highest BCUT2D eigenvalue weighted by molar-refractivity contribution is 7.89. The number of aromatic nitrogens is 1. The second kappa shape index (κ2) is 5.84. The van der Waals surface area contributed by atoms with Crippen molar-refractivity contribution in [3.05, 3.63) is 47.5 Å². The SMILES string of the molecule is Cc1cccc2c1c1c(-c3cccc(C4CCC(Cl)CC4)c3S(N)(=O)=O)n2-1. The van der Waals surface area contributed by atoms with E-state index in [1.54, 1.807) is 0 Å². The summed E-state index contributed by atoms with van der Waals surface area (Å²) < 4.78 is 27.3. The van der Waals surface area contributed by atoms with Gasteiger partial charge in [0.25, 0.3) is 0 Å². The highest BCUT2D eigenvalue weighted by Crippen LogP contribution is 2.54. The van der Waals surface area contributed by atoms with Gasteiger partial charge in [-0.15, -0.1) is 11.6 Å². The molecule has 2 N–H and O–H groups in total. The largest absolute Gasteiger partial charge is 0.304 e. The third-order valence-corrected chi connectivity index (χ3v) is 7.49. The minimum absolute atomic E-state index is 0.189. The van der Waals surface area contributed by atoms with Crippen LogP contribution in [0, 0.1) is 6.92 Å². The summed E-state index contributed by atoms with van der Waals surface area (Å²) in [7, 11) is -3.84. The Morgan fingerprint density at radius 3 is 2.44 bits per heavy atom. The molecule has 140 valence electrons. The van der Waals surface area contributed by atoms with Crippen LogP contribution in [0.25, 0.3) is 27.8 Å². The van der Waals surface area contributed by atoms with Gasteiger partial charge >= 0.3 is 0 Å². The van der Waals surface area contributed by atoms with Crippen LogP contribution in [0.15, 0.2) is 41.3 Å². The summed E-state index contributed by atoms with van der Waals surface area (Å²) >= 11 is 6.25. The molecule has 6 heteroatoms. The highest BCUT2D eigenvalue weighted by atomic mass is 35.5. The molecule has 0 spiro atoms. The third-order valence-electron chi connectivity index (χ3n) is 6.03. The first-order valence-electron chi connectivity index (χ1n) is 9.32. The van der Waals surface area contributed by atoms with Gasteiger partial charge in [-0.25, -0.2) is 13.6 Å². The summed E-state index contributed by atoms with van der Waals surface area (Å²) in [5.41, 5.74) is 6.05. The van der Waals surface area contributed by atoms with E-state index in [-0.39, 0.29) is 11.3 Å². The number of alkyl halides is 1. The normalized spacial score (nSPS) is 21.6. The first kappa shape index (κ1) is 17.3. The number of nitrogens with two attached hydrogens (primary N) is 1. The molecule has 0 radical (unpaired) electrons. The molecule has 0 unspecified atom stereocenters.